The molecule has 32 heavy (non-hydrogen) atoms. The normalized spacial score (nSPS) is 14.4. The van der Waals surface area contributed by atoms with Gasteiger partial charge >= 0.3 is 6.18 Å². The zero-order valence-electron chi connectivity index (χ0n) is 17.8. The highest BCUT2D eigenvalue weighted by atomic mass is 19.4. The standard InChI is InChI=1S/C23H23F3N4O2/c1-31-20-8-7-18(13-21(20)32-2)29-9-11-30(12-10-29)22-15-27-14-19(28-22)16-3-5-17(6-4-16)23(24,25)26/h3-8,13-15H,9-12H2,1-2H3. The van der Waals surface area contributed by atoms with Crippen LogP contribution in [0.2, 0.25) is 0 Å². The van der Waals surface area contributed by atoms with Gasteiger partial charge in [0, 0.05) is 43.5 Å². The van der Waals surface area contributed by atoms with Crippen LogP contribution in [0.15, 0.2) is 54.9 Å². The van der Waals surface area contributed by atoms with Crippen LogP contribution in [0, 0.1) is 0 Å². The summed E-state index contributed by atoms with van der Waals surface area (Å²) in [6.07, 6.45) is -1.12. The summed E-state index contributed by atoms with van der Waals surface area (Å²) in [6.45, 7) is 3.03. The molecule has 0 saturated carbocycles. The lowest BCUT2D eigenvalue weighted by Crippen LogP contribution is -2.46. The molecule has 2 aromatic carbocycles. The van der Waals surface area contributed by atoms with Gasteiger partial charge in [-0.15, -0.1) is 0 Å². The third-order valence-corrected chi connectivity index (χ3v) is 5.47. The molecule has 1 saturated heterocycles. The fourth-order valence-electron chi connectivity index (χ4n) is 3.69. The summed E-state index contributed by atoms with van der Waals surface area (Å²) in [4.78, 5) is 13.3. The molecule has 0 N–H and O–H groups in total. The Hall–Kier alpha value is -3.49. The second-order valence-corrected chi connectivity index (χ2v) is 7.35. The first-order valence-electron chi connectivity index (χ1n) is 10.1. The van der Waals surface area contributed by atoms with Gasteiger partial charge in [-0.25, -0.2) is 4.98 Å². The van der Waals surface area contributed by atoms with Crippen molar-refractivity contribution in [1.29, 1.82) is 0 Å². The van der Waals surface area contributed by atoms with Gasteiger partial charge in [-0.3, -0.25) is 4.98 Å². The van der Waals surface area contributed by atoms with Crippen molar-refractivity contribution < 1.29 is 22.6 Å². The second kappa shape index (κ2) is 8.94. The summed E-state index contributed by atoms with van der Waals surface area (Å²) in [5.74, 6) is 2.07. The Morgan fingerprint density at radius 1 is 0.812 bits per heavy atom. The quantitative estimate of drug-likeness (QED) is 0.577. The van der Waals surface area contributed by atoms with Crippen LogP contribution in [0.25, 0.3) is 11.3 Å². The largest absolute Gasteiger partial charge is 0.493 e. The Kier molecular flexibility index (Phi) is 6.07. The number of hydrogen-bond donors (Lipinski definition) is 0. The number of alkyl halides is 3. The fourth-order valence-corrected chi connectivity index (χ4v) is 3.69. The van der Waals surface area contributed by atoms with E-state index in [1.54, 1.807) is 26.6 Å². The number of nitrogens with zero attached hydrogens (tertiary/aromatic N) is 4. The Labute approximate surface area is 184 Å². The van der Waals surface area contributed by atoms with Crippen LogP contribution < -0.4 is 19.3 Å². The van der Waals surface area contributed by atoms with Crippen LogP contribution in [0.5, 0.6) is 11.5 Å². The summed E-state index contributed by atoms with van der Waals surface area (Å²) in [5.41, 5.74) is 1.50. The Morgan fingerprint density at radius 2 is 1.47 bits per heavy atom. The van der Waals surface area contributed by atoms with Crippen LogP contribution in [-0.2, 0) is 6.18 Å². The van der Waals surface area contributed by atoms with Gasteiger partial charge in [0.25, 0.3) is 0 Å². The average molecular weight is 444 g/mol. The number of piperazine rings is 1. The number of halogens is 3. The van der Waals surface area contributed by atoms with Crippen LogP contribution in [0.3, 0.4) is 0 Å². The fraction of sp³-hybridized carbons (Fsp3) is 0.304. The minimum Gasteiger partial charge on any atom is -0.493 e. The molecule has 0 spiro atoms. The Bertz CT molecular complexity index is 1070. The van der Waals surface area contributed by atoms with E-state index >= 15 is 0 Å². The number of ether oxygens (including phenoxy) is 2. The molecule has 2 heterocycles. The van der Waals surface area contributed by atoms with Crippen LogP contribution >= 0.6 is 0 Å². The van der Waals surface area contributed by atoms with E-state index in [0.717, 1.165) is 44.0 Å². The molecule has 1 aliphatic rings. The lowest BCUT2D eigenvalue weighted by molar-refractivity contribution is -0.137. The monoisotopic (exact) mass is 444 g/mol. The van der Waals surface area contributed by atoms with Crippen LogP contribution in [-0.4, -0.2) is 50.4 Å². The molecule has 4 rings (SSSR count). The van der Waals surface area contributed by atoms with E-state index in [-0.39, 0.29) is 0 Å². The molecule has 0 radical (unpaired) electrons. The van der Waals surface area contributed by atoms with Crippen LogP contribution in [0.4, 0.5) is 24.7 Å². The van der Waals surface area contributed by atoms with Crippen molar-refractivity contribution in [2.75, 3.05) is 50.2 Å². The number of rotatable bonds is 5. The van der Waals surface area contributed by atoms with Crippen LogP contribution in [0.1, 0.15) is 5.56 Å². The molecule has 0 unspecified atom stereocenters. The van der Waals surface area contributed by atoms with Gasteiger partial charge < -0.3 is 19.3 Å². The maximum absolute atomic E-state index is 12.8. The van der Waals surface area contributed by atoms with E-state index < -0.39 is 11.7 Å². The smallest absolute Gasteiger partial charge is 0.416 e. The van der Waals surface area contributed by atoms with Crippen molar-refractivity contribution in [3.8, 4) is 22.8 Å². The molecule has 1 aliphatic heterocycles. The molecular weight excluding hydrogens is 421 g/mol. The van der Waals surface area contributed by atoms with Crippen molar-refractivity contribution in [3.05, 3.63) is 60.4 Å². The number of hydrogen-bond acceptors (Lipinski definition) is 6. The van der Waals surface area contributed by atoms with Gasteiger partial charge in [0.15, 0.2) is 11.5 Å². The lowest BCUT2D eigenvalue weighted by Gasteiger charge is -2.36. The molecule has 6 nitrogen and oxygen atoms in total. The number of benzene rings is 2. The van der Waals surface area contributed by atoms with Gasteiger partial charge in [-0.05, 0) is 24.3 Å². The third kappa shape index (κ3) is 4.56. The third-order valence-electron chi connectivity index (χ3n) is 5.47. The van der Waals surface area contributed by atoms with Gasteiger partial charge in [-0.2, -0.15) is 13.2 Å². The predicted octanol–water partition coefficient (Wildman–Crippen LogP) is 4.51. The molecule has 9 heteroatoms. The molecule has 1 fully saturated rings. The van der Waals surface area contributed by atoms with E-state index in [1.165, 1.54) is 12.1 Å². The first-order chi connectivity index (χ1) is 15.4. The zero-order chi connectivity index (χ0) is 22.7. The summed E-state index contributed by atoms with van der Waals surface area (Å²) in [7, 11) is 3.22. The first-order valence-corrected chi connectivity index (χ1v) is 10.1. The van der Waals surface area contributed by atoms with E-state index in [0.29, 0.717) is 28.6 Å². The average Bonchev–Trinajstić information content (AvgIpc) is 2.83. The molecular formula is C23H23F3N4O2. The highest BCUT2D eigenvalue weighted by Crippen LogP contribution is 2.33. The lowest BCUT2D eigenvalue weighted by atomic mass is 10.1. The van der Waals surface area contributed by atoms with Gasteiger partial charge in [0.1, 0.15) is 5.82 Å². The Morgan fingerprint density at radius 3 is 2.09 bits per heavy atom. The van der Waals surface area contributed by atoms with Gasteiger partial charge in [-0.1, -0.05) is 12.1 Å². The van der Waals surface area contributed by atoms with Crippen molar-refractivity contribution in [1.82, 2.24) is 9.97 Å². The Balaban J connectivity index is 1.45. The molecule has 3 aromatic rings. The van der Waals surface area contributed by atoms with Crippen molar-refractivity contribution in [2.24, 2.45) is 0 Å². The highest BCUT2D eigenvalue weighted by Gasteiger charge is 2.30. The number of methoxy groups -OCH3 is 2. The minimum atomic E-state index is -4.36. The number of anilines is 2. The molecule has 168 valence electrons. The summed E-state index contributed by atoms with van der Waals surface area (Å²) in [5, 5.41) is 0. The van der Waals surface area contributed by atoms with E-state index in [4.69, 9.17) is 9.47 Å². The molecule has 0 amide bonds. The van der Waals surface area contributed by atoms with E-state index in [2.05, 4.69) is 19.8 Å². The molecule has 0 aliphatic carbocycles. The van der Waals surface area contributed by atoms with E-state index in [9.17, 15) is 13.2 Å². The maximum Gasteiger partial charge on any atom is 0.416 e. The van der Waals surface area contributed by atoms with E-state index in [1.807, 2.05) is 18.2 Å². The van der Waals surface area contributed by atoms with Crippen molar-refractivity contribution in [3.63, 3.8) is 0 Å². The summed E-state index contributed by atoms with van der Waals surface area (Å²) < 4.78 is 49.1. The molecule has 1 aromatic heterocycles. The summed E-state index contributed by atoms with van der Waals surface area (Å²) >= 11 is 0. The highest BCUT2D eigenvalue weighted by molar-refractivity contribution is 5.61. The molecule has 0 bridgehead atoms. The number of aromatic nitrogens is 2. The second-order valence-electron chi connectivity index (χ2n) is 7.35. The SMILES string of the molecule is COc1ccc(N2CCN(c3cncc(-c4ccc(C(F)(F)F)cc4)n3)CC2)cc1OC. The van der Waals surface area contributed by atoms with Gasteiger partial charge in [0.2, 0.25) is 0 Å². The topological polar surface area (TPSA) is 50.7 Å². The van der Waals surface area contributed by atoms with Crippen molar-refractivity contribution in [2.45, 2.75) is 6.18 Å². The first kappa shape index (κ1) is 21.7. The maximum atomic E-state index is 12.8. The summed E-state index contributed by atoms with van der Waals surface area (Å²) in [6, 6.07) is 10.8. The molecule has 0 atom stereocenters. The minimum absolute atomic E-state index is 0.540. The van der Waals surface area contributed by atoms with Crippen molar-refractivity contribution >= 4 is 11.5 Å². The zero-order valence-corrected chi connectivity index (χ0v) is 17.8. The van der Waals surface area contributed by atoms with Gasteiger partial charge in [0.05, 0.1) is 37.9 Å². The predicted molar refractivity (Wildman–Crippen MR) is 116 cm³/mol.